The maximum Gasteiger partial charge on any atom is 0.214 e. The van der Waals surface area contributed by atoms with Gasteiger partial charge in [-0.3, -0.25) is 9.48 Å². The molecule has 20 heavy (non-hydrogen) atoms. The Balaban J connectivity index is 2.46. The normalized spacial score (nSPS) is 10.6. The molecule has 0 aliphatic heterocycles. The number of nitrogens with zero attached hydrogens (tertiary/aromatic N) is 2. The minimum absolute atomic E-state index is 0.184. The third kappa shape index (κ3) is 2.63. The van der Waals surface area contributed by atoms with E-state index in [0.717, 1.165) is 6.42 Å². The smallest absolute Gasteiger partial charge is 0.214 e. The van der Waals surface area contributed by atoms with Crippen LogP contribution in [0.4, 0.5) is 5.69 Å². The Morgan fingerprint density at radius 1 is 1.50 bits per heavy atom. The topological polar surface area (TPSA) is 70.1 Å². The lowest BCUT2D eigenvalue weighted by Gasteiger charge is -2.08. The molecule has 2 rings (SSSR count). The predicted molar refractivity (Wildman–Crippen MR) is 78.4 cm³/mol. The quantitative estimate of drug-likeness (QED) is 0.680. The average molecular weight is 294 g/mol. The number of ether oxygens (including phenoxy) is 1. The molecule has 106 valence electrons. The van der Waals surface area contributed by atoms with Gasteiger partial charge in [-0.15, -0.1) is 0 Å². The summed E-state index contributed by atoms with van der Waals surface area (Å²) in [5.74, 6) is 0.271. The second-order valence-electron chi connectivity index (χ2n) is 4.35. The number of ketones is 1. The Morgan fingerprint density at radius 2 is 2.25 bits per heavy atom. The molecule has 0 unspecified atom stereocenters. The van der Waals surface area contributed by atoms with Crippen LogP contribution < -0.4 is 10.5 Å². The first-order valence-corrected chi connectivity index (χ1v) is 6.65. The van der Waals surface area contributed by atoms with Crippen LogP contribution in [0.5, 0.6) is 5.75 Å². The number of carbonyl (C=O) groups excluding carboxylic acids is 1. The molecule has 0 bridgehead atoms. The number of hydrogen-bond acceptors (Lipinski definition) is 4. The van der Waals surface area contributed by atoms with E-state index in [1.54, 1.807) is 29.1 Å². The Labute approximate surface area is 122 Å². The molecule has 0 fully saturated rings. The summed E-state index contributed by atoms with van der Waals surface area (Å²) in [7, 11) is 1.51. The molecule has 0 radical (unpaired) electrons. The zero-order chi connectivity index (χ0) is 14.7. The molecule has 0 saturated carbocycles. The number of anilines is 1. The number of nitrogen functional groups attached to an aromatic ring is 1. The molecule has 6 heteroatoms. The highest BCUT2D eigenvalue weighted by Gasteiger charge is 2.21. The van der Waals surface area contributed by atoms with Gasteiger partial charge in [0.1, 0.15) is 0 Å². The first-order valence-electron chi connectivity index (χ1n) is 6.28. The SMILES string of the molecule is CCCn1ncc(OC)c1C(=O)c1ccc(Cl)c(N)c1. The van der Waals surface area contributed by atoms with Gasteiger partial charge in [0.05, 0.1) is 24.0 Å². The number of methoxy groups -OCH3 is 1. The molecule has 0 atom stereocenters. The van der Waals surface area contributed by atoms with Crippen molar-refractivity contribution in [3.05, 3.63) is 40.7 Å². The predicted octanol–water partition coefficient (Wildman–Crippen LogP) is 2.77. The van der Waals surface area contributed by atoms with E-state index in [9.17, 15) is 4.79 Å². The number of benzene rings is 1. The van der Waals surface area contributed by atoms with Crippen molar-refractivity contribution < 1.29 is 9.53 Å². The van der Waals surface area contributed by atoms with Crippen LogP contribution in [0.2, 0.25) is 5.02 Å². The summed E-state index contributed by atoms with van der Waals surface area (Å²) < 4.78 is 6.85. The lowest BCUT2D eigenvalue weighted by molar-refractivity contribution is 0.102. The first-order chi connectivity index (χ1) is 9.58. The number of aromatic nitrogens is 2. The first kappa shape index (κ1) is 14.4. The van der Waals surface area contributed by atoms with Crippen LogP contribution in [-0.2, 0) is 6.54 Å². The molecule has 0 aliphatic carbocycles. The molecular formula is C14H16ClN3O2. The summed E-state index contributed by atoms with van der Waals surface area (Å²) >= 11 is 5.87. The highest BCUT2D eigenvalue weighted by molar-refractivity contribution is 6.33. The maximum absolute atomic E-state index is 12.6. The van der Waals surface area contributed by atoms with Crippen molar-refractivity contribution in [1.82, 2.24) is 9.78 Å². The number of hydrogen-bond donors (Lipinski definition) is 1. The standard InChI is InChI=1S/C14H16ClN3O2/c1-3-6-18-13(12(20-2)8-17-18)14(19)9-4-5-10(15)11(16)7-9/h4-5,7-8H,3,6,16H2,1-2H3. The fourth-order valence-corrected chi connectivity index (χ4v) is 2.07. The Kier molecular flexibility index (Phi) is 4.29. The molecule has 2 aromatic rings. The van der Waals surface area contributed by atoms with Crippen LogP contribution >= 0.6 is 11.6 Å². The fraction of sp³-hybridized carbons (Fsp3) is 0.286. The number of carbonyl (C=O) groups is 1. The van der Waals surface area contributed by atoms with Gasteiger partial charge in [0.25, 0.3) is 0 Å². The van der Waals surface area contributed by atoms with Gasteiger partial charge in [-0.2, -0.15) is 5.10 Å². The summed E-state index contributed by atoms with van der Waals surface area (Å²) in [6.45, 7) is 2.66. The Morgan fingerprint density at radius 3 is 2.85 bits per heavy atom. The van der Waals surface area contributed by atoms with E-state index in [4.69, 9.17) is 22.1 Å². The van der Waals surface area contributed by atoms with E-state index in [0.29, 0.717) is 34.3 Å². The highest BCUT2D eigenvalue weighted by Crippen LogP contribution is 2.25. The monoisotopic (exact) mass is 293 g/mol. The van der Waals surface area contributed by atoms with Crippen molar-refractivity contribution in [2.45, 2.75) is 19.9 Å². The van der Waals surface area contributed by atoms with Gasteiger partial charge in [-0.1, -0.05) is 18.5 Å². The van der Waals surface area contributed by atoms with Crippen LogP contribution in [0.25, 0.3) is 0 Å². The van der Waals surface area contributed by atoms with Gasteiger partial charge in [-0.25, -0.2) is 0 Å². The molecule has 5 nitrogen and oxygen atoms in total. The Bertz CT molecular complexity index is 637. The highest BCUT2D eigenvalue weighted by atomic mass is 35.5. The van der Waals surface area contributed by atoms with Gasteiger partial charge in [-0.05, 0) is 24.6 Å². The van der Waals surface area contributed by atoms with Crippen molar-refractivity contribution >= 4 is 23.1 Å². The second kappa shape index (κ2) is 5.96. The summed E-state index contributed by atoms with van der Waals surface area (Å²) in [4.78, 5) is 12.6. The summed E-state index contributed by atoms with van der Waals surface area (Å²) in [5, 5.41) is 4.60. The van der Waals surface area contributed by atoms with E-state index in [1.807, 2.05) is 6.92 Å². The van der Waals surface area contributed by atoms with Gasteiger partial charge in [0.15, 0.2) is 11.4 Å². The van der Waals surface area contributed by atoms with Crippen molar-refractivity contribution in [3.63, 3.8) is 0 Å². The van der Waals surface area contributed by atoms with Crippen LogP contribution in [0.3, 0.4) is 0 Å². The molecule has 1 heterocycles. The van der Waals surface area contributed by atoms with E-state index in [1.165, 1.54) is 7.11 Å². The molecule has 0 amide bonds. The van der Waals surface area contributed by atoms with Crippen LogP contribution in [0, 0.1) is 0 Å². The van der Waals surface area contributed by atoms with Crippen LogP contribution in [-0.4, -0.2) is 22.7 Å². The maximum atomic E-state index is 12.6. The third-order valence-electron chi connectivity index (χ3n) is 2.93. The van der Waals surface area contributed by atoms with Crippen molar-refractivity contribution in [1.29, 1.82) is 0 Å². The minimum Gasteiger partial charge on any atom is -0.493 e. The third-order valence-corrected chi connectivity index (χ3v) is 3.28. The van der Waals surface area contributed by atoms with Gasteiger partial charge in [0, 0.05) is 12.1 Å². The number of halogens is 1. The van der Waals surface area contributed by atoms with Crippen LogP contribution in [0.15, 0.2) is 24.4 Å². The van der Waals surface area contributed by atoms with Crippen LogP contribution in [0.1, 0.15) is 29.4 Å². The molecule has 1 aromatic carbocycles. The summed E-state index contributed by atoms with van der Waals surface area (Å²) in [5.41, 5.74) is 7.00. The number of rotatable bonds is 5. The summed E-state index contributed by atoms with van der Waals surface area (Å²) in [6, 6.07) is 4.81. The minimum atomic E-state index is -0.184. The van der Waals surface area contributed by atoms with Gasteiger partial charge < -0.3 is 10.5 Å². The number of aryl methyl sites for hydroxylation is 1. The second-order valence-corrected chi connectivity index (χ2v) is 4.76. The zero-order valence-corrected chi connectivity index (χ0v) is 12.1. The molecule has 0 spiro atoms. The molecular weight excluding hydrogens is 278 g/mol. The fourth-order valence-electron chi connectivity index (χ4n) is 1.95. The Hall–Kier alpha value is -2.01. The molecule has 2 N–H and O–H groups in total. The van der Waals surface area contributed by atoms with E-state index < -0.39 is 0 Å². The van der Waals surface area contributed by atoms with E-state index in [2.05, 4.69) is 5.10 Å². The summed E-state index contributed by atoms with van der Waals surface area (Å²) in [6.07, 6.45) is 2.41. The van der Waals surface area contributed by atoms with Gasteiger partial charge >= 0.3 is 0 Å². The lowest BCUT2D eigenvalue weighted by atomic mass is 10.1. The van der Waals surface area contributed by atoms with Crippen molar-refractivity contribution in [3.8, 4) is 5.75 Å². The molecule has 0 saturated heterocycles. The average Bonchev–Trinajstić information content (AvgIpc) is 2.84. The number of nitrogens with two attached hydrogens (primary N) is 1. The van der Waals surface area contributed by atoms with Gasteiger partial charge in [0.2, 0.25) is 5.78 Å². The van der Waals surface area contributed by atoms with E-state index >= 15 is 0 Å². The van der Waals surface area contributed by atoms with E-state index in [-0.39, 0.29) is 5.78 Å². The largest absolute Gasteiger partial charge is 0.493 e. The molecule has 1 aromatic heterocycles. The van der Waals surface area contributed by atoms with Crippen molar-refractivity contribution in [2.24, 2.45) is 0 Å². The molecule has 0 aliphatic rings. The van der Waals surface area contributed by atoms with Crippen molar-refractivity contribution in [2.75, 3.05) is 12.8 Å². The lowest BCUT2D eigenvalue weighted by Crippen LogP contribution is -2.13. The zero-order valence-electron chi connectivity index (χ0n) is 11.4.